The molecule has 0 N–H and O–H groups in total. The Labute approximate surface area is 180 Å². The van der Waals surface area contributed by atoms with Gasteiger partial charge in [0.2, 0.25) is 0 Å². The number of thiophene rings is 1. The summed E-state index contributed by atoms with van der Waals surface area (Å²) in [4.78, 5) is 18.5. The van der Waals surface area contributed by atoms with Crippen molar-refractivity contribution in [2.24, 2.45) is 4.99 Å². The van der Waals surface area contributed by atoms with E-state index in [9.17, 15) is 4.79 Å². The first-order valence-electron chi connectivity index (χ1n) is 9.13. The first kappa shape index (κ1) is 20.1. The lowest BCUT2D eigenvalue weighted by molar-refractivity contribution is 0.100. The fraction of sp³-hybridized carbons (Fsp3) is 0.238. The average molecular weight is 447 g/mol. The largest absolute Gasteiger partial charge is 0.494 e. The number of ether oxygens (including phenoxy) is 2. The topological polar surface area (TPSA) is 52.8 Å². The van der Waals surface area contributed by atoms with Crippen molar-refractivity contribution >= 4 is 60.5 Å². The van der Waals surface area contributed by atoms with E-state index in [0.717, 1.165) is 26.1 Å². The molecule has 8 heteroatoms. The van der Waals surface area contributed by atoms with E-state index in [1.807, 2.05) is 54.0 Å². The van der Waals surface area contributed by atoms with Gasteiger partial charge in [-0.25, -0.2) is 0 Å². The lowest BCUT2D eigenvalue weighted by Gasteiger charge is -2.05. The molecule has 5 nitrogen and oxygen atoms in total. The summed E-state index contributed by atoms with van der Waals surface area (Å²) in [6.07, 6.45) is 0. The maximum absolute atomic E-state index is 13.0. The predicted molar refractivity (Wildman–Crippen MR) is 120 cm³/mol. The maximum Gasteiger partial charge on any atom is 0.291 e. The van der Waals surface area contributed by atoms with E-state index in [1.165, 1.54) is 22.7 Å². The van der Waals surface area contributed by atoms with Gasteiger partial charge in [-0.05, 0) is 31.2 Å². The number of rotatable bonds is 6. The van der Waals surface area contributed by atoms with E-state index in [4.69, 9.17) is 21.1 Å². The summed E-state index contributed by atoms with van der Waals surface area (Å²) in [7, 11) is 1.65. The van der Waals surface area contributed by atoms with Gasteiger partial charge < -0.3 is 14.0 Å². The third-order valence-corrected chi connectivity index (χ3v) is 7.12. The molecule has 2 aromatic heterocycles. The number of thiazole rings is 1. The highest BCUT2D eigenvalue weighted by atomic mass is 35.5. The van der Waals surface area contributed by atoms with Crippen LogP contribution in [0.4, 0.5) is 0 Å². The molecule has 0 spiro atoms. The van der Waals surface area contributed by atoms with Crippen LogP contribution in [0, 0.1) is 0 Å². The molecule has 2 aromatic carbocycles. The number of aromatic nitrogens is 1. The summed E-state index contributed by atoms with van der Waals surface area (Å²) in [5.74, 6) is 0.463. The normalized spacial score (nSPS) is 12.2. The molecule has 4 rings (SSSR count). The van der Waals surface area contributed by atoms with Crippen LogP contribution in [0.2, 0.25) is 5.02 Å². The minimum Gasteiger partial charge on any atom is -0.494 e. The number of nitrogens with zero attached hydrogens (tertiary/aromatic N) is 2. The number of hydrogen-bond donors (Lipinski definition) is 0. The maximum atomic E-state index is 13.0. The number of fused-ring (bicyclic) bond motifs is 2. The molecule has 0 aliphatic carbocycles. The first-order chi connectivity index (χ1) is 14.1. The SMILES string of the molecule is CCOc1ccc2c(c1)sc(=NC(=O)c1sc3ccccc3c1Cl)n2CCOC. The molecule has 29 heavy (non-hydrogen) atoms. The second-order valence-electron chi connectivity index (χ2n) is 6.25. The minimum absolute atomic E-state index is 0.334. The zero-order valence-corrected chi connectivity index (χ0v) is 18.4. The van der Waals surface area contributed by atoms with Gasteiger partial charge in [0.05, 0.1) is 28.5 Å². The Hall–Kier alpha value is -2.19. The molecule has 0 atom stereocenters. The Morgan fingerprint density at radius 3 is 2.76 bits per heavy atom. The molecule has 0 bridgehead atoms. The predicted octanol–water partition coefficient (Wildman–Crippen LogP) is 5.36. The van der Waals surface area contributed by atoms with Crippen molar-refractivity contribution in [3.05, 3.63) is 57.2 Å². The van der Waals surface area contributed by atoms with Gasteiger partial charge in [0.15, 0.2) is 4.80 Å². The third kappa shape index (κ3) is 3.96. The van der Waals surface area contributed by atoms with Crippen molar-refractivity contribution in [2.75, 3.05) is 20.3 Å². The van der Waals surface area contributed by atoms with Gasteiger partial charge in [-0.1, -0.05) is 41.1 Å². The fourth-order valence-corrected chi connectivity index (χ4v) is 5.56. The summed E-state index contributed by atoms with van der Waals surface area (Å²) in [6.45, 7) is 3.66. The number of halogens is 1. The molecule has 0 unspecified atom stereocenters. The van der Waals surface area contributed by atoms with Gasteiger partial charge >= 0.3 is 0 Å². The van der Waals surface area contributed by atoms with E-state index < -0.39 is 0 Å². The number of carbonyl (C=O) groups is 1. The first-order valence-corrected chi connectivity index (χ1v) is 11.1. The monoisotopic (exact) mass is 446 g/mol. The van der Waals surface area contributed by atoms with Crippen LogP contribution in [0.15, 0.2) is 47.5 Å². The Morgan fingerprint density at radius 2 is 2.00 bits per heavy atom. The molecule has 2 heterocycles. The van der Waals surface area contributed by atoms with Crippen molar-refractivity contribution in [3.63, 3.8) is 0 Å². The Balaban J connectivity index is 1.82. The third-order valence-electron chi connectivity index (χ3n) is 4.41. The highest BCUT2D eigenvalue weighted by Crippen LogP contribution is 2.35. The number of amides is 1. The van der Waals surface area contributed by atoms with Crippen molar-refractivity contribution in [1.29, 1.82) is 0 Å². The zero-order chi connectivity index (χ0) is 20.4. The van der Waals surface area contributed by atoms with Gasteiger partial charge in [-0.3, -0.25) is 4.79 Å². The second-order valence-corrected chi connectivity index (χ2v) is 8.69. The summed E-state index contributed by atoms with van der Waals surface area (Å²) in [6, 6.07) is 13.6. The lowest BCUT2D eigenvalue weighted by Crippen LogP contribution is -2.19. The van der Waals surface area contributed by atoms with Gasteiger partial charge in [0, 0.05) is 23.7 Å². The quantitative estimate of drug-likeness (QED) is 0.400. The van der Waals surface area contributed by atoms with Crippen molar-refractivity contribution in [1.82, 2.24) is 4.57 Å². The molecular weight excluding hydrogens is 428 g/mol. The van der Waals surface area contributed by atoms with Crippen LogP contribution in [0.5, 0.6) is 5.75 Å². The molecule has 0 aliphatic heterocycles. The van der Waals surface area contributed by atoms with E-state index in [0.29, 0.717) is 34.5 Å². The number of hydrogen-bond acceptors (Lipinski definition) is 5. The number of methoxy groups -OCH3 is 1. The summed E-state index contributed by atoms with van der Waals surface area (Å²) in [5.41, 5.74) is 0.990. The second kappa shape index (κ2) is 8.67. The highest BCUT2D eigenvalue weighted by molar-refractivity contribution is 7.21. The average Bonchev–Trinajstić information content (AvgIpc) is 3.24. The summed E-state index contributed by atoms with van der Waals surface area (Å²) < 4.78 is 14.8. The van der Waals surface area contributed by atoms with E-state index in [-0.39, 0.29) is 5.91 Å². The molecule has 0 saturated carbocycles. The van der Waals surface area contributed by atoms with Crippen LogP contribution in [0.3, 0.4) is 0 Å². The van der Waals surface area contributed by atoms with Crippen molar-refractivity contribution in [3.8, 4) is 5.75 Å². The van der Waals surface area contributed by atoms with Crippen LogP contribution >= 0.6 is 34.3 Å². The van der Waals surface area contributed by atoms with E-state index in [1.54, 1.807) is 7.11 Å². The fourth-order valence-electron chi connectivity index (χ4n) is 3.08. The molecular formula is C21H19ClN2O3S2. The molecule has 4 aromatic rings. The Kier molecular flexibility index (Phi) is 6.01. The molecule has 1 amide bonds. The van der Waals surface area contributed by atoms with Gasteiger partial charge in [0.25, 0.3) is 5.91 Å². The standard InChI is InChI=1S/C21H19ClN2O3S2/c1-3-27-13-8-9-15-17(12-13)29-21(24(15)10-11-26-2)23-20(25)19-18(22)14-6-4-5-7-16(14)28-19/h4-9,12H,3,10-11H2,1-2H3. The molecule has 0 fully saturated rings. The van der Waals surface area contributed by atoms with Crippen LogP contribution in [0.1, 0.15) is 16.6 Å². The molecule has 0 aliphatic rings. The molecule has 0 saturated heterocycles. The van der Waals surface area contributed by atoms with E-state index in [2.05, 4.69) is 4.99 Å². The van der Waals surface area contributed by atoms with Gasteiger partial charge in [0.1, 0.15) is 10.6 Å². The van der Waals surface area contributed by atoms with E-state index >= 15 is 0 Å². The van der Waals surface area contributed by atoms with Crippen LogP contribution in [-0.4, -0.2) is 30.8 Å². The molecule has 150 valence electrons. The van der Waals surface area contributed by atoms with Crippen LogP contribution < -0.4 is 9.54 Å². The summed E-state index contributed by atoms with van der Waals surface area (Å²) >= 11 is 9.28. The number of carbonyl (C=O) groups excluding carboxylic acids is 1. The van der Waals surface area contributed by atoms with Crippen LogP contribution in [0.25, 0.3) is 20.3 Å². The molecule has 0 radical (unpaired) electrons. The van der Waals surface area contributed by atoms with Crippen molar-refractivity contribution in [2.45, 2.75) is 13.5 Å². The van der Waals surface area contributed by atoms with Gasteiger partial charge in [-0.15, -0.1) is 11.3 Å². The smallest absolute Gasteiger partial charge is 0.291 e. The highest BCUT2D eigenvalue weighted by Gasteiger charge is 2.17. The number of benzene rings is 2. The Bertz CT molecular complexity index is 1260. The Morgan fingerprint density at radius 1 is 1.17 bits per heavy atom. The van der Waals surface area contributed by atoms with Crippen LogP contribution in [-0.2, 0) is 11.3 Å². The summed E-state index contributed by atoms with van der Waals surface area (Å²) in [5, 5.41) is 1.34. The minimum atomic E-state index is -0.334. The zero-order valence-electron chi connectivity index (χ0n) is 16.0. The van der Waals surface area contributed by atoms with Crippen molar-refractivity contribution < 1.29 is 14.3 Å². The lowest BCUT2D eigenvalue weighted by atomic mass is 10.2. The van der Waals surface area contributed by atoms with Gasteiger partial charge in [-0.2, -0.15) is 4.99 Å².